The molecule has 0 spiro atoms. The van der Waals surface area contributed by atoms with Gasteiger partial charge in [-0.15, -0.1) is 0 Å². The molecule has 2 heterocycles. The van der Waals surface area contributed by atoms with Gasteiger partial charge in [-0.05, 0) is 46.9 Å². The first-order valence-electron chi connectivity index (χ1n) is 12.2. The quantitative estimate of drug-likeness (QED) is 0.501. The number of hydrogen-bond donors (Lipinski definition) is 2. The molecular formula is C27H30N4O4S2. The van der Waals surface area contributed by atoms with Crippen LogP contribution in [0.4, 0.5) is 0 Å². The Morgan fingerprint density at radius 1 is 0.946 bits per heavy atom. The van der Waals surface area contributed by atoms with Gasteiger partial charge in [0.15, 0.2) is 9.84 Å². The first-order chi connectivity index (χ1) is 17.6. The van der Waals surface area contributed by atoms with Crippen LogP contribution in [0.2, 0.25) is 0 Å². The van der Waals surface area contributed by atoms with E-state index < -0.39 is 20.0 Å². The van der Waals surface area contributed by atoms with Gasteiger partial charge in [0, 0.05) is 44.1 Å². The molecule has 0 unspecified atom stereocenters. The summed E-state index contributed by atoms with van der Waals surface area (Å²) in [5.41, 5.74) is 2.69. The van der Waals surface area contributed by atoms with Crippen LogP contribution in [0.5, 0.6) is 0 Å². The Morgan fingerprint density at radius 3 is 2.38 bits per heavy atom. The van der Waals surface area contributed by atoms with E-state index in [1.165, 1.54) is 6.26 Å². The highest BCUT2D eigenvalue weighted by Crippen LogP contribution is 2.22. The third-order valence-corrected chi connectivity index (χ3v) is 8.85. The molecule has 37 heavy (non-hydrogen) atoms. The zero-order chi connectivity index (χ0) is 26.0. The van der Waals surface area contributed by atoms with Crippen molar-refractivity contribution >= 4 is 36.7 Å². The lowest BCUT2D eigenvalue weighted by Crippen LogP contribution is -2.45. The first kappa shape index (κ1) is 25.4. The van der Waals surface area contributed by atoms with Crippen molar-refractivity contribution in [2.45, 2.75) is 36.7 Å². The summed E-state index contributed by atoms with van der Waals surface area (Å²) in [6.45, 7) is 2.39. The van der Waals surface area contributed by atoms with Gasteiger partial charge in [-0.1, -0.05) is 54.6 Å². The molecule has 2 aliphatic heterocycles. The van der Waals surface area contributed by atoms with Crippen LogP contribution in [0.3, 0.4) is 0 Å². The van der Waals surface area contributed by atoms with Gasteiger partial charge in [0.25, 0.3) is 0 Å². The Hall–Kier alpha value is -3.21. The van der Waals surface area contributed by atoms with Crippen LogP contribution in [-0.4, -0.2) is 53.0 Å². The predicted octanol–water partition coefficient (Wildman–Crippen LogP) is 3.17. The fraction of sp³-hybridized carbons (Fsp3) is 0.296. The van der Waals surface area contributed by atoms with E-state index in [4.69, 9.17) is 4.99 Å². The van der Waals surface area contributed by atoms with Crippen LogP contribution >= 0.6 is 0 Å². The highest BCUT2D eigenvalue weighted by atomic mass is 32.2. The minimum Gasteiger partial charge on any atom is -0.299 e. The van der Waals surface area contributed by atoms with Gasteiger partial charge in [0.05, 0.1) is 10.9 Å². The number of nitrogens with zero attached hydrogens (tertiary/aromatic N) is 2. The maximum Gasteiger partial charge on any atom is 0.322 e. The number of hydrogen-bond acceptors (Lipinski definition) is 6. The van der Waals surface area contributed by atoms with Crippen LogP contribution in [0.15, 0.2) is 88.4 Å². The van der Waals surface area contributed by atoms with E-state index in [-0.39, 0.29) is 6.04 Å². The highest BCUT2D eigenvalue weighted by molar-refractivity contribution is 7.90. The van der Waals surface area contributed by atoms with Gasteiger partial charge in [0.2, 0.25) is 0 Å². The largest absolute Gasteiger partial charge is 0.322 e. The van der Waals surface area contributed by atoms with Gasteiger partial charge in [-0.25, -0.2) is 8.42 Å². The maximum atomic E-state index is 12.5. The molecule has 0 atom stereocenters. The van der Waals surface area contributed by atoms with Crippen LogP contribution in [0, 0.1) is 0 Å². The molecule has 1 fully saturated rings. The molecule has 3 aromatic carbocycles. The van der Waals surface area contributed by atoms with Crippen LogP contribution < -0.4 is 9.44 Å². The number of allylic oxidation sites excluding steroid dienone is 1. The molecule has 3 aromatic rings. The van der Waals surface area contributed by atoms with E-state index in [1.807, 2.05) is 54.6 Å². The van der Waals surface area contributed by atoms with Crippen LogP contribution in [0.25, 0.3) is 10.8 Å². The fourth-order valence-electron chi connectivity index (χ4n) is 4.87. The van der Waals surface area contributed by atoms with E-state index in [9.17, 15) is 16.8 Å². The molecule has 0 aromatic heterocycles. The average Bonchev–Trinajstić information content (AvgIpc) is 2.84. The summed E-state index contributed by atoms with van der Waals surface area (Å²) in [7, 11) is -6.92. The van der Waals surface area contributed by atoms with Gasteiger partial charge in [-0.2, -0.15) is 8.42 Å². The second-order valence-electron chi connectivity index (χ2n) is 9.63. The third-order valence-electron chi connectivity index (χ3n) is 6.71. The standard InChI is InChI=1S/C27H30N4O4S2/c1-36(32,33)25-11-9-20(10-12-25)19-31-15-13-23(14-16-31)28-27-18-24(29-37(34,35)30-27)17-22-7-4-6-21-5-2-3-8-26(21)22/h2-12,18,23,29H,13-17,19H2,1H3,(H,28,30). The van der Waals surface area contributed by atoms with E-state index in [0.29, 0.717) is 22.8 Å². The van der Waals surface area contributed by atoms with Crippen molar-refractivity contribution in [1.29, 1.82) is 0 Å². The van der Waals surface area contributed by atoms with Crippen molar-refractivity contribution in [3.8, 4) is 0 Å². The van der Waals surface area contributed by atoms with Crippen molar-refractivity contribution < 1.29 is 16.8 Å². The number of likely N-dealkylation sites (tertiary alicyclic amines) is 1. The Labute approximate surface area is 218 Å². The summed E-state index contributed by atoms with van der Waals surface area (Å²) in [5.74, 6) is 0.365. The average molecular weight is 539 g/mol. The summed E-state index contributed by atoms with van der Waals surface area (Å²) < 4.78 is 53.5. The fourth-order valence-corrected chi connectivity index (χ4v) is 6.41. The number of nitrogens with one attached hydrogen (secondary N) is 2. The number of sulfone groups is 1. The van der Waals surface area contributed by atoms with Gasteiger partial charge in [0.1, 0.15) is 5.84 Å². The molecule has 0 aliphatic carbocycles. The number of fused-ring (bicyclic) bond motifs is 1. The van der Waals surface area contributed by atoms with Crippen molar-refractivity contribution in [3.63, 3.8) is 0 Å². The molecule has 2 aliphatic rings. The van der Waals surface area contributed by atoms with E-state index in [0.717, 1.165) is 54.4 Å². The van der Waals surface area contributed by atoms with Crippen molar-refractivity contribution in [1.82, 2.24) is 14.3 Å². The molecule has 0 bridgehead atoms. The molecular weight excluding hydrogens is 508 g/mol. The van der Waals surface area contributed by atoms with Gasteiger partial charge in [-0.3, -0.25) is 19.3 Å². The number of piperidine rings is 1. The molecule has 1 saturated heterocycles. The second kappa shape index (κ2) is 10.3. The molecule has 0 amide bonds. The monoisotopic (exact) mass is 538 g/mol. The molecule has 0 radical (unpaired) electrons. The van der Waals surface area contributed by atoms with Crippen LogP contribution in [-0.2, 0) is 33.0 Å². The second-order valence-corrected chi connectivity index (χ2v) is 13.1. The zero-order valence-electron chi connectivity index (χ0n) is 20.6. The van der Waals surface area contributed by atoms with Crippen LogP contribution in [0.1, 0.15) is 24.0 Å². The Morgan fingerprint density at radius 2 is 1.65 bits per heavy atom. The summed E-state index contributed by atoms with van der Waals surface area (Å²) in [6.07, 6.45) is 5.08. The number of rotatable bonds is 6. The molecule has 0 saturated carbocycles. The van der Waals surface area contributed by atoms with Crippen molar-refractivity contribution in [3.05, 3.63) is 89.6 Å². The Kier molecular flexibility index (Phi) is 7.06. The Bertz CT molecular complexity index is 1570. The lowest BCUT2D eigenvalue weighted by Gasteiger charge is -2.31. The summed E-state index contributed by atoms with van der Waals surface area (Å²) in [6, 6.07) is 21.1. The smallest absolute Gasteiger partial charge is 0.299 e. The summed E-state index contributed by atoms with van der Waals surface area (Å²) in [5, 5.41) is 2.21. The molecule has 194 valence electrons. The maximum absolute atomic E-state index is 12.5. The molecule has 5 rings (SSSR count). The molecule has 2 N–H and O–H groups in total. The predicted molar refractivity (Wildman–Crippen MR) is 146 cm³/mol. The molecule has 10 heteroatoms. The first-order valence-corrected chi connectivity index (χ1v) is 15.6. The number of aliphatic imine (C=N–C) groups is 1. The normalized spacial score (nSPS) is 19.8. The summed E-state index contributed by atoms with van der Waals surface area (Å²) in [4.78, 5) is 7.37. The topological polar surface area (TPSA) is 108 Å². The lowest BCUT2D eigenvalue weighted by molar-refractivity contribution is 0.206. The number of benzene rings is 3. The van der Waals surface area contributed by atoms with Gasteiger partial charge >= 0.3 is 10.2 Å². The highest BCUT2D eigenvalue weighted by Gasteiger charge is 2.24. The Balaban J connectivity index is 1.24. The zero-order valence-corrected chi connectivity index (χ0v) is 22.2. The van der Waals surface area contributed by atoms with Gasteiger partial charge < -0.3 is 0 Å². The lowest BCUT2D eigenvalue weighted by atomic mass is 10.0. The third kappa shape index (κ3) is 6.38. The summed E-state index contributed by atoms with van der Waals surface area (Å²) >= 11 is 0. The van der Waals surface area contributed by atoms with E-state index in [2.05, 4.69) is 14.3 Å². The van der Waals surface area contributed by atoms with Crippen molar-refractivity contribution in [2.75, 3.05) is 19.3 Å². The SMILES string of the molecule is CS(=O)(=O)c1ccc(CN2CCC(N=C3C=C(Cc4cccc5ccccc45)NS(=O)(=O)N3)CC2)cc1. The minimum absolute atomic E-state index is 0.0229. The van der Waals surface area contributed by atoms with E-state index in [1.54, 1.807) is 18.2 Å². The molecule has 8 nitrogen and oxygen atoms in total. The van der Waals surface area contributed by atoms with E-state index >= 15 is 0 Å². The number of amidine groups is 1. The van der Waals surface area contributed by atoms with Crippen molar-refractivity contribution in [2.24, 2.45) is 4.99 Å². The minimum atomic E-state index is -3.72.